The first-order chi connectivity index (χ1) is 10.7. The zero-order valence-corrected chi connectivity index (χ0v) is 13.2. The number of amides is 1. The number of carbonyl (C=O) groups is 1. The average molecular weight is 319 g/mol. The van der Waals surface area contributed by atoms with Gasteiger partial charge >= 0.3 is 0 Å². The Morgan fingerprint density at radius 1 is 1.23 bits per heavy atom. The van der Waals surface area contributed by atoms with E-state index in [0.717, 1.165) is 23.4 Å². The second-order valence-corrected chi connectivity index (χ2v) is 5.29. The first-order valence-electron chi connectivity index (χ1n) is 7.27. The SMILES string of the molecule is CCCNC(=O)c1cnc(NCCc2cccc(Cl)c2)nc1. The molecule has 2 rings (SSSR count). The van der Waals surface area contributed by atoms with E-state index in [9.17, 15) is 4.79 Å². The van der Waals surface area contributed by atoms with Gasteiger partial charge in [-0.25, -0.2) is 9.97 Å². The molecule has 0 saturated heterocycles. The molecule has 1 aromatic heterocycles. The van der Waals surface area contributed by atoms with Gasteiger partial charge in [-0.3, -0.25) is 4.79 Å². The van der Waals surface area contributed by atoms with E-state index >= 15 is 0 Å². The molecule has 116 valence electrons. The van der Waals surface area contributed by atoms with Crippen molar-refractivity contribution in [1.29, 1.82) is 0 Å². The lowest BCUT2D eigenvalue weighted by molar-refractivity contribution is 0.0953. The van der Waals surface area contributed by atoms with Crippen LogP contribution in [-0.2, 0) is 6.42 Å². The number of aromatic nitrogens is 2. The Morgan fingerprint density at radius 2 is 2.00 bits per heavy atom. The van der Waals surface area contributed by atoms with Crippen LogP contribution in [0.15, 0.2) is 36.7 Å². The fraction of sp³-hybridized carbons (Fsp3) is 0.312. The summed E-state index contributed by atoms with van der Waals surface area (Å²) in [5, 5.41) is 6.64. The lowest BCUT2D eigenvalue weighted by atomic mass is 10.1. The first kappa shape index (κ1) is 16.2. The Morgan fingerprint density at radius 3 is 2.68 bits per heavy atom. The van der Waals surface area contributed by atoms with Gasteiger partial charge in [-0.1, -0.05) is 30.7 Å². The summed E-state index contributed by atoms with van der Waals surface area (Å²) in [5.41, 5.74) is 1.62. The van der Waals surface area contributed by atoms with Crippen LogP contribution >= 0.6 is 11.6 Å². The Hall–Kier alpha value is -2.14. The number of anilines is 1. The van der Waals surface area contributed by atoms with Gasteiger partial charge in [0.1, 0.15) is 0 Å². The fourth-order valence-electron chi connectivity index (χ4n) is 1.89. The number of nitrogens with one attached hydrogen (secondary N) is 2. The van der Waals surface area contributed by atoms with E-state index in [1.807, 2.05) is 31.2 Å². The normalized spacial score (nSPS) is 10.3. The highest BCUT2D eigenvalue weighted by Gasteiger charge is 2.05. The molecule has 0 aliphatic heterocycles. The van der Waals surface area contributed by atoms with Crippen LogP contribution in [0.2, 0.25) is 5.02 Å². The predicted octanol–water partition coefficient (Wildman–Crippen LogP) is 2.92. The third kappa shape index (κ3) is 5.00. The van der Waals surface area contributed by atoms with Crippen LogP contribution < -0.4 is 10.6 Å². The van der Waals surface area contributed by atoms with Crippen molar-refractivity contribution in [3.63, 3.8) is 0 Å². The van der Waals surface area contributed by atoms with Crippen LogP contribution in [0, 0.1) is 0 Å². The van der Waals surface area contributed by atoms with Gasteiger partial charge in [0.15, 0.2) is 0 Å². The summed E-state index contributed by atoms with van der Waals surface area (Å²) in [6.07, 6.45) is 4.78. The van der Waals surface area contributed by atoms with E-state index in [-0.39, 0.29) is 5.91 Å². The van der Waals surface area contributed by atoms with Crippen molar-refractivity contribution < 1.29 is 4.79 Å². The van der Waals surface area contributed by atoms with Gasteiger partial charge in [0.2, 0.25) is 5.95 Å². The van der Waals surface area contributed by atoms with Crippen molar-refractivity contribution in [2.24, 2.45) is 0 Å². The highest BCUT2D eigenvalue weighted by atomic mass is 35.5. The van der Waals surface area contributed by atoms with Crippen molar-refractivity contribution in [2.45, 2.75) is 19.8 Å². The molecule has 1 amide bonds. The average Bonchev–Trinajstić information content (AvgIpc) is 2.53. The summed E-state index contributed by atoms with van der Waals surface area (Å²) >= 11 is 5.94. The number of halogens is 1. The van der Waals surface area contributed by atoms with Crippen LogP contribution in [0.25, 0.3) is 0 Å². The van der Waals surface area contributed by atoms with Gasteiger partial charge < -0.3 is 10.6 Å². The van der Waals surface area contributed by atoms with Crippen molar-refractivity contribution in [3.8, 4) is 0 Å². The molecule has 2 aromatic rings. The van der Waals surface area contributed by atoms with Gasteiger partial charge in [0.05, 0.1) is 5.56 Å². The number of benzene rings is 1. The minimum atomic E-state index is -0.146. The summed E-state index contributed by atoms with van der Waals surface area (Å²) in [6, 6.07) is 7.74. The Balaban J connectivity index is 1.82. The second-order valence-electron chi connectivity index (χ2n) is 4.86. The maximum Gasteiger partial charge on any atom is 0.254 e. The smallest absolute Gasteiger partial charge is 0.254 e. The van der Waals surface area contributed by atoms with E-state index in [0.29, 0.717) is 24.6 Å². The van der Waals surface area contributed by atoms with E-state index in [2.05, 4.69) is 20.6 Å². The summed E-state index contributed by atoms with van der Waals surface area (Å²) in [5.74, 6) is 0.362. The van der Waals surface area contributed by atoms with Gasteiger partial charge in [0, 0.05) is 30.5 Å². The van der Waals surface area contributed by atoms with E-state index in [4.69, 9.17) is 11.6 Å². The van der Waals surface area contributed by atoms with Crippen molar-refractivity contribution in [1.82, 2.24) is 15.3 Å². The van der Waals surface area contributed by atoms with E-state index in [1.165, 1.54) is 12.4 Å². The molecule has 0 atom stereocenters. The molecule has 0 fully saturated rings. The molecule has 0 spiro atoms. The monoisotopic (exact) mass is 318 g/mol. The van der Waals surface area contributed by atoms with Crippen molar-refractivity contribution >= 4 is 23.5 Å². The molecule has 0 radical (unpaired) electrons. The van der Waals surface area contributed by atoms with E-state index < -0.39 is 0 Å². The molecule has 6 heteroatoms. The topological polar surface area (TPSA) is 66.9 Å². The summed E-state index contributed by atoms with van der Waals surface area (Å²) in [6.45, 7) is 3.35. The van der Waals surface area contributed by atoms with Gasteiger partial charge in [0.25, 0.3) is 5.91 Å². The van der Waals surface area contributed by atoms with Crippen molar-refractivity contribution in [3.05, 3.63) is 52.8 Å². The molecule has 0 bridgehead atoms. The zero-order valence-electron chi connectivity index (χ0n) is 12.5. The minimum absolute atomic E-state index is 0.146. The molecular formula is C16H19ClN4O. The summed E-state index contributed by atoms with van der Waals surface area (Å²) in [4.78, 5) is 20.0. The molecule has 0 aliphatic rings. The van der Waals surface area contributed by atoms with Crippen LogP contribution in [0.3, 0.4) is 0 Å². The molecule has 22 heavy (non-hydrogen) atoms. The lowest BCUT2D eigenvalue weighted by Crippen LogP contribution is -2.24. The van der Waals surface area contributed by atoms with Crippen LogP contribution in [0.5, 0.6) is 0 Å². The third-order valence-corrected chi connectivity index (χ3v) is 3.27. The number of carbonyl (C=O) groups excluding carboxylic acids is 1. The van der Waals surface area contributed by atoms with Crippen LogP contribution in [0.4, 0.5) is 5.95 Å². The molecule has 0 aliphatic carbocycles. The molecule has 1 heterocycles. The predicted molar refractivity (Wildman–Crippen MR) is 88.3 cm³/mol. The van der Waals surface area contributed by atoms with E-state index in [1.54, 1.807) is 0 Å². The summed E-state index contributed by atoms with van der Waals surface area (Å²) < 4.78 is 0. The molecular weight excluding hydrogens is 300 g/mol. The lowest BCUT2D eigenvalue weighted by Gasteiger charge is -2.06. The third-order valence-electron chi connectivity index (χ3n) is 3.04. The van der Waals surface area contributed by atoms with Gasteiger partial charge in [-0.2, -0.15) is 0 Å². The Labute approximate surface area is 135 Å². The molecule has 0 unspecified atom stereocenters. The number of rotatable bonds is 7. The Kier molecular flexibility index (Phi) is 6.15. The first-order valence-corrected chi connectivity index (χ1v) is 7.65. The number of hydrogen-bond donors (Lipinski definition) is 2. The molecule has 5 nitrogen and oxygen atoms in total. The fourth-order valence-corrected chi connectivity index (χ4v) is 2.10. The minimum Gasteiger partial charge on any atom is -0.354 e. The highest BCUT2D eigenvalue weighted by molar-refractivity contribution is 6.30. The van der Waals surface area contributed by atoms with Crippen LogP contribution in [-0.4, -0.2) is 29.0 Å². The van der Waals surface area contributed by atoms with Gasteiger partial charge in [-0.15, -0.1) is 0 Å². The molecule has 1 aromatic carbocycles. The quantitative estimate of drug-likeness (QED) is 0.823. The Bertz CT molecular complexity index is 616. The maximum absolute atomic E-state index is 11.7. The molecule has 0 saturated carbocycles. The van der Waals surface area contributed by atoms with Crippen molar-refractivity contribution in [2.75, 3.05) is 18.4 Å². The standard InChI is InChI=1S/C16H19ClN4O/c1-2-7-18-15(22)13-10-20-16(21-11-13)19-8-6-12-4-3-5-14(17)9-12/h3-5,9-11H,2,6-8H2,1H3,(H,18,22)(H,19,20,21). The second kappa shape index (κ2) is 8.34. The number of hydrogen-bond acceptors (Lipinski definition) is 4. The highest BCUT2D eigenvalue weighted by Crippen LogP contribution is 2.11. The maximum atomic E-state index is 11.7. The van der Waals surface area contributed by atoms with Gasteiger partial charge in [-0.05, 0) is 30.5 Å². The summed E-state index contributed by atoms with van der Waals surface area (Å²) in [7, 11) is 0. The molecule has 2 N–H and O–H groups in total. The number of nitrogens with zero attached hydrogens (tertiary/aromatic N) is 2. The largest absolute Gasteiger partial charge is 0.354 e. The van der Waals surface area contributed by atoms with Crippen LogP contribution in [0.1, 0.15) is 29.3 Å². The zero-order chi connectivity index (χ0) is 15.8.